The van der Waals surface area contributed by atoms with Crippen molar-refractivity contribution in [3.05, 3.63) is 18.2 Å². The van der Waals surface area contributed by atoms with Gasteiger partial charge in [0.2, 0.25) is 5.16 Å². The first-order chi connectivity index (χ1) is 9.83. The number of tetrazole rings is 1. The molecule has 108 valence electrons. The van der Waals surface area contributed by atoms with Gasteiger partial charge in [0, 0.05) is 37.3 Å². The third-order valence-corrected chi connectivity index (χ3v) is 4.26. The summed E-state index contributed by atoms with van der Waals surface area (Å²) in [6, 6.07) is 0.729. The molecule has 2 aromatic heterocycles. The molecule has 0 saturated heterocycles. The van der Waals surface area contributed by atoms with Crippen LogP contribution in [0, 0.1) is 6.92 Å². The molecule has 0 radical (unpaired) electrons. The molecule has 0 aliphatic heterocycles. The fourth-order valence-electron chi connectivity index (χ4n) is 1.98. The van der Waals surface area contributed by atoms with Crippen LogP contribution < -0.4 is 5.32 Å². The molecular weight excluding hydrogens is 274 g/mol. The zero-order chi connectivity index (χ0) is 13.8. The van der Waals surface area contributed by atoms with Crippen molar-refractivity contribution in [3.63, 3.8) is 0 Å². The van der Waals surface area contributed by atoms with E-state index in [1.54, 1.807) is 11.8 Å². The fourth-order valence-corrected chi connectivity index (χ4v) is 2.82. The summed E-state index contributed by atoms with van der Waals surface area (Å²) in [6.45, 7) is 4.70. The lowest BCUT2D eigenvalue weighted by molar-refractivity contribution is 0.509. The monoisotopic (exact) mass is 293 g/mol. The van der Waals surface area contributed by atoms with Gasteiger partial charge in [-0.15, -0.1) is 5.10 Å². The Morgan fingerprint density at radius 2 is 2.30 bits per heavy atom. The van der Waals surface area contributed by atoms with Crippen LogP contribution in [-0.4, -0.2) is 48.1 Å². The maximum absolute atomic E-state index is 4.21. The molecule has 0 amide bonds. The molecule has 0 unspecified atom stereocenters. The van der Waals surface area contributed by atoms with Crippen molar-refractivity contribution in [3.8, 4) is 0 Å². The molecule has 0 aromatic carbocycles. The van der Waals surface area contributed by atoms with E-state index in [4.69, 9.17) is 0 Å². The zero-order valence-corrected chi connectivity index (χ0v) is 12.4. The van der Waals surface area contributed by atoms with Gasteiger partial charge in [-0.3, -0.25) is 0 Å². The minimum atomic E-state index is 0.729. The fraction of sp³-hybridized carbons (Fsp3) is 0.667. The Bertz CT molecular complexity index is 546. The number of aromatic nitrogens is 6. The maximum Gasteiger partial charge on any atom is 0.209 e. The smallest absolute Gasteiger partial charge is 0.209 e. The minimum Gasteiger partial charge on any atom is -0.334 e. The highest BCUT2D eigenvalue weighted by molar-refractivity contribution is 7.99. The molecule has 0 spiro atoms. The Balaban J connectivity index is 1.44. The van der Waals surface area contributed by atoms with Gasteiger partial charge in [0.05, 0.1) is 6.54 Å². The summed E-state index contributed by atoms with van der Waals surface area (Å²) >= 11 is 1.69. The summed E-state index contributed by atoms with van der Waals surface area (Å²) in [5, 5.41) is 16.2. The van der Waals surface area contributed by atoms with Crippen molar-refractivity contribution < 1.29 is 0 Å². The van der Waals surface area contributed by atoms with E-state index in [1.165, 1.54) is 12.8 Å². The number of rotatable bonds is 8. The number of nitrogens with one attached hydrogen (secondary N) is 1. The van der Waals surface area contributed by atoms with Crippen molar-refractivity contribution in [2.45, 2.75) is 44.1 Å². The second-order valence-electron chi connectivity index (χ2n) is 4.93. The first-order valence-corrected chi connectivity index (χ1v) is 7.91. The van der Waals surface area contributed by atoms with Gasteiger partial charge in [0.15, 0.2) is 0 Å². The number of hydrogen-bond acceptors (Lipinski definition) is 6. The van der Waals surface area contributed by atoms with Gasteiger partial charge in [-0.25, -0.2) is 9.67 Å². The topological polar surface area (TPSA) is 73.5 Å². The highest BCUT2D eigenvalue weighted by Gasteiger charge is 2.20. The van der Waals surface area contributed by atoms with Gasteiger partial charge >= 0.3 is 0 Å². The van der Waals surface area contributed by atoms with E-state index in [0.29, 0.717) is 0 Å². The molecule has 20 heavy (non-hydrogen) atoms. The molecular formula is C12H19N7S. The van der Waals surface area contributed by atoms with Crippen molar-refractivity contribution in [1.29, 1.82) is 0 Å². The van der Waals surface area contributed by atoms with E-state index >= 15 is 0 Å². The predicted octanol–water partition coefficient (Wildman–Crippen LogP) is 0.722. The summed E-state index contributed by atoms with van der Waals surface area (Å²) in [6.07, 6.45) is 6.44. The lowest BCUT2D eigenvalue weighted by atomic mass is 10.6. The van der Waals surface area contributed by atoms with Gasteiger partial charge < -0.3 is 9.88 Å². The third kappa shape index (κ3) is 3.57. The second kappa shape index (κ2) is 6.36. The normalized spacial score (nSPS) is 14.8. The molecule has 2 heterocycles. The van der Waals surface area contributed by atoms with Crippen molar-refractivity contribution in [2.75, 3.05) is 12.3 Å². The van der Waals surface area contributed by atoms with Gasteiger partial charge in [-0.2, -0.15) is 0 Å². The Labute approximate surface area is 122 Å². The maximum atomic E-state index is 4.21. The number of nitrogens with zero attached hydrogens (tertiary/aromatic N) is 6. The first kappa shape index (κ1) is 13.6. The molecule has 8 heteroatoms. The number of hydrogen-bond donors (Lipinski definition) is 1. The standard InChI is InChI=1S/C12H19N7S/c1-10-13-4-6-18(10)8-9-20-12-15-16-17-19(12)7-5-14-11-2-3-11/h4,6,11,14H,2-3,5,7-9H2,1H3. The first-order valence-electron chi connectivity index (χ1n) is 6.93. The van der Waals surface area contributed by atoms with Crippen LogP contribution in [0.1, 0.15) is 18.7 Å². The lowest BCUT2D eigenvalue weighted by Crippen LogP contribution is -2.22. The van der Waals surface area contributed by atoms with Crippen LogP contribution in [0.25, 0.3) is 0 Å². The molecule has 3 rings (SSSR count). The average molecular weight is 293 g/mol. The minimum absolute atomic E-state index is 0.729. The Morgan fingerprint density at radius 3 is 3.05 bits per heavy atom. The van der Waals surface area contributed by atoms with Crippen LogP contribution in [-0.2, 0) is 13.1 Å². The van der Waals surface area contributed by atoms with E-state index in [1.807, 2.05) is 24.0 Å². The number of thioether (sulfide) groups is 1. The van der Waals surface area contributed by atoms with Crippen molar-refractivity contribution in [1.82, 2.24) is 35.1 Å². The number of imidazole rings is 1. The van der Waals surface area contributed by atoms with Crippen LogP contribution in [0.4, 0.5) is 0 Å². The molecule has 1 fully saturated rings. The summed E-state index contributed by atoms with van der Waals surface area (Å²) in [5.41, 5.74) is 0. The molecule has 0 bridgehead atoms. The van der Waals surface area contributed by atoms with E-state index < -0.39 is 0 Å². The van der Waals surface area contributed by atoms with Crippen LogP contribution >= 0.6 is 11.8 Å². The Kier molecular flexibility index (Phi) is 4.31. The molecule has 1 N–H and O–H groups in total. The third-order valence-electron chi connectivity index (χ3n) is 3.32. The average Bonchev–Trinajstić information content (AvgIpc) is 3.01. The number of aryl methyl sites for hydroxylation is 2. The largest absolute Gasteiger partial charge is 0.334 e. The van der Waals surface area contributed by atoms with E-state index in [-0.39, 0.29) is 0 Å². The van der Waals surface area contributed by atoms with Gasteiger partial charge in [-0.05, 0) is 30.2 Å². The quantitative estimate of drug-likeness (QED) is 0.723. The summed E-state index contributed by atoms with van der Waals surface area (Å²) in [5.74, 6) is 1.98. The van der Waals surface area contributed by atoms with Gasteiger partial charge in [-0.1, -0.05) is 11.8 Å². The lowest BCUT2D eigenvalue weighted by Gasteiger charge is -2.06. The molecule has 1 saturated carbocycles. The second-order valence-corrected chi connectivity index (χ2v) is 5.99. The SMILES string of the molecule is Cc1nccn1CCSc1nnnn1CCNC1CC1. The van der Waals surface area contributed by atoms with Gasteiger partial charge in [0.1, 0.15) is 5.82 Å². The van der Waals surface area contributed by atoms with Crippen LogP contribution in [0.2, 0.25) is 0 Å². The van der Waals surface area contributed by atoms with E-state index in [9.17, 15) is 0 Å². The molecule has 1 aliphatic rings. The highest BCUT2D eigenvalue weighted by Crippen LogP contribution is 2.18. The van der Waals surface area contributed by atoms with Crippen LogP contribution in [0.3, 0.4) is 0 Å². The van der Waals surface area contributed by atoms with Gasteiger partial charge in [0.25, 0.3) is 0 Å². The van der Waals surface area contributed by atoms with Crippen molar-refractivity contribution >= 4 is 11.8 Å². The summed E-state index contributed by atoms with van der Waals surface area (Å²) < 4.78 is 4.01. The highest BCUT2D eigenvalue weighted by atomic mass is 32.2. The Morgan fingerprint density at radius 1 is 1.40 bits per heavy atom. The van der Waals surface area contributed by atoms with Crippen LogP contribution in [0.5, 0.6) is 0 Å². The summed E-state index contributed by atoms with van der Waals surface area (Å²) in [7, 11) is 0. The molecule has 0 atom stereocenters. The predicted molar refractivity (Wildman–Crippen MR) is 76.5 cm³/mol. The molecule has 7 nitrogen and oxygen atoms in total. The Hall–Kier alpha value is -1.41. The molecule has 2 aromatic rings. The zero-order valence-electron chi connectivity index (χ0n) is 11.6. The van der Waals surface area contributed by atoms with Crippen LogP contribution in [0.15, 0.2) is 17.6 Å². The van der Waals surface area contributed by atoms with E-state index in [0.717, 1.165) is 42.4 Å². The summed E-state index contributed by atoms with van der Waals surface area (Å²) in [4.78, 5) is 4.21. The van der Waals surface area contributed by atoms with Crippen molar-refractivity contribution in [2.24, 2.45) is 0 Å². The van der Waals surface area contributed by atoms with E-state index in [2.05, 4.69) is 30.4 Å². The molecule has 1 aliphatic carbocycles.